The molecule has 0 spiro atoms. The van der Waals surface area contributed by atoms with Gasteiger partial charge >= 0.3 is 0 Å². The molecule has 108 valence electrons. The summed E-state index contributed by atoms with van der Waals surface area (Å²) in [7, 11) is 0. The van der Waals surface area contributed by atoms with E-state index in [1.165, 1.54) is 10.6 Å². The zero-order chi connectivity index (χ0) is 14.5. The van der Waals surface area contributed by atoms with Gasteiger partial charge in [-0.15, -0.1) is 11.3 Å². The smallest absolute Gasteiger partial charge is 0.125 e. The Bertz CT molecular complexity index is 566. The molecule has 0 aliphatic rings. The van der Waals surface area contributed by atoms with Crippen LogP contribution < -0.4 is 5.32 Å². The van der Waals surface area contributed by atoms with Crippen molar-refractivity contribution < 1.29 is 0 Å². The predicted molar refractivity (Wildman–Crippen MR) is 89.0 cm³/mol. The second-order valence-corrected chi connectivity index (χ2v) is 7.16. The Labute approximate surface area is 133 Å². The van der Waals surface area contributed by atoms with Gasteiger partial charge in [0.25, 0.3) is 0 Å². The van der Waals surface area contributed by atoms with Crippen molar-refractivity contribution in [3.8, 4) is 10.6 Å². The molecule has 2 heterocycles. The summed E-state index contributed by atoms with van der Waals surface area (Å²) >= 11 is 5.22. The first kappa shape index (κ1) is 15.6. The van der Waals surface area contributed by atoms with Gasteiger partial charge in [0, 0.05) is 33.9 Å². The zero-order valence-corrected chi connectivity index (χ0v) is 14.5. The summed E-state index contributed by atoms with van der Waals surface area (Å²) in [6.07, 6.45) is 4.63. The minimum atomic E-state index is 0.668. The third-order valence-corrected chi connectivity index (χ3v) is 4.48. The Morgan fingerprint density at radius 2 is 2.15 bits per heavy atom. The van der Waals surface area contributed by atoms with Gasteiger partial charge in [0.2, 0.25) is 0 Å². The number of nitrogens with zero attached hydrogens (tertiary/aromatic N) is 2. The van der Waals surface area contributed by atoms with E-state index in [4.69, 9.17) is 4.98 Å². The van der Waals surface area contributed by atoms with Crippen LogP contribution in [0.3, 0.4) is 0 Å². The van der Waals surface area contributed by atoms with Crippen LogP contribution in [0.25, 0.3) is 10.6 Å². The van der Waals surface area contributed by atoms with Crippen LogP contribution in [-0.2, 0) is 13.0 Å². The molecule has 2 aromatic rings. The van der Waals surface area contributed by atoms with Crippen molar-refractivity contribution in [2.24, 2.45) is 5.92 Å². The van der Waals surface area contributed by atoms with Gasteiger partial charge in [-0.2, -0.15) is 0 Å². The number of nitrogens with one attached hydrogen (secondary N) is 1. The van der Waals surface area contributed by atoms with Crippen LogP contribution in [0.15, 0.2) is 22.9 Å². The van der Waals surface area contributed by atoms with E-state index in [0.29, 0.717) is 5.92 Å². The molecule has 1 N–H and O–H groups in total. The molecule has 0 saturated carbocycles. The van der Waals surface area contributed by atoms with Crippen LogP contribution in [0.1, 0.15) is 31.3 Å². The first-order chi connectivity index (χ1) is 9.60. The van der Waals surface area contributed by atoms with E-state index >= 15 is 0 Å². The molecule has 2 rings (SSSR count). The maximum Gasteiger partial charge on any atom is 0.125 e. The molecule has 0 bridgehead atoms. The van der Waals surface area contributed by atoms with Crippen molar-refractivity contribution in [2.45, 2.75) is 33.7 Å². The van der Waals surface area contributed by atoms with Crippen LogP contribution in [0.5, 0.6) is 0 Å². The first-order valence-electron chi connectivity index (χ1n) is 6.90. The quantitative estimate of drug-likeness (QED) is 0.842. The van der Waals surface area contributed by atoms with Crippen molar-refractivity contribution in [3.05, 3.63) is 33.5 Å². The molecule has 0 aliphatic heterocycles. The number of aryl methyl sites for hydroxylation is 1. The van der Waals surface area contributed by atoms with E-state index in [2.05, 4.69) is 53.1 Å². The van der Waals surface area contributed by atoms with Gasteiger partial charge in [-0.05, 0) is 40.9 Å². The van der Waals surface area contributed by atoms with Gasteiger partial charge in [0.05, 0.1) is 5.69 Å². The van der Waals surface area contributed by atoms with Crippen molar-refractivity contribution in [3.63, 3.8) is 0 Å². The topological polar surface area (TPSA) is 37.8 Å². The van der Waals surface area contributed by atoms with Crippen LogP contribution in [0.2, 0.25) is 0 Å². The highest BCUT2D eigenvalue weighted by Crippen LogP contribution is 2.29. The fraction of sp³-hybridized carbons (Fsp3) is 0.467. The summed E-state index contributed by atoms with van der Waals surface area (Å²) < 4.78 is 0.989. The average Bonchev–Trinajstić information content (AvgIpc) is 2.81. The minimum absolute atomic E-state index is 0.668. The summed E-state index contributed by atoms with van der Waals surface area (Å²) in [5.41, 5.74) is 2.27. The Morgan fingerprint density at radius 1 is 1.35 bits per heavy atom. The molecule has 0 aliphatic carbocycles. The summed E-state index contributed by atoms with van der Waals surface area (Å²) in [6.45, 7) is 8.54. The second-order valence-electron chi connectivity index (χ2n) is 5.16. The van der Waals surface area contributed by atoms with E-state index in [9.17, 15) is 0 Å². The normalized spacial score (nSPS) is 11.2. The highest BCUT2D eigenvalue weighted by atomic mass is 79.9. The van der Waals surface area contributed by atoms with Crippen LogP contribution in [0.4, 0.5) is 0 Å². The van der Waals surface area contributed by atoms with Crippen molar-refractivity contribution in [1.29, 1.82) is 0 Å². The number of hydrogen-bond donors (Lipinski definition) is 1. The molecule has 0 amide bonds. The summed E-state index contributed by atoms with van der Waals surface area (Å²) in [5, 5.41) is 4.55. The molecule has 0 radical (unpaired) electrons. The predicted octanol–water partition coefficient (Wildman–Crippen LogP) is 4.28. The Balaban J connectivity index is 2.18. The standard InChI is InChI=1S/C15H20BrN3S/c1-4-13-14(9-17-6-10(2)3)20-15(19-13)11-5-12(16)8-18-7-11/h5,7-8,10,17H,4,6,9H2,1-3H3. The SMILES string of the molecule is CCc1nc(-c2cncc(Br)c2)sc1CNCC(C)C. The fourth-order valence-electron chi connectivity index (χ4n) is 1.92. The lowest BCUT2D eigenvalue weighted by Crippen LogP contribution is -2.18. The molecular weight excluding hydrogens is 334 g/mol. The highest BCUT2D eigenvalue weighted by molar-refractivity contribution is 9.10. The number of aromatic nitrogens is 2. The van der Waals surface area contributed by atoms with Crippen LogP contribution in [-0.4, -0.2) is 16.5 Å². The largest absolute Gasteiger partial charge is 0.312 e. The molecule has 0 atom stereocenters. The molecule has 0 aromatic carbocycles. The molecule has 0 fully saturated rings. The summed E-state index contributed by atoms with van der Waals surface area (Å²) in [4.78, 5) is 10.3. The van der Waals surface area contributed by atoms with Crippen molar-refractivity contribution >= 4 is 27.3 Å². The molecule has 20 heavy (non-hydrogen) atoms. The average molecular weight is 354 g/mol. The Morgan fingerprint density at radius 3 is 2.80 bits per heavy atom. The maximum atomic E-state index is 4.76. The number of halogens is 1. The summed E-state index contributed by atoms with van der Waals surface area (Å²) in [5.74, 6) is 0.668. The Kier molecular flexibility index (Phi) is 5.69. The van der Waals surface area contributed by atoms with Gasteiger partial charge in [-0.1, -0.05) is 20.8 Å². The van der Waals surface area contributed by atoms with E-state index < -0.39 is 0 Å². The molecule has 2 aromatic heterocycles. The number of rotatable bonds is 6. The summed E-state index contributed by atoms with van der Waals surface area (Å²) in [6, 6.07) is 2.07. The monoisotopic (exact) mass is 353 g/mol. The second kappa shape index (κ2) is 7.29. The van der Waals surface area contributed by atoms with Gasteiger partial charge in [0.15, 0.2) is 0 Å². The number of pyridine rings is 1. The third kappa shape index (κ3) is 4.11. The van der Waals surface area contributed by atoms with Gasteiger partial charge < -0.3 is 5.32 Å². The fourth-order valence-corrected chi connectivity index (χ4v) is 3.39. The zero-order valence-electron chi connectivity index (χ0n) is 12.1. The number of hydrogen-bond acceptors (Lipinski definition) is 4. The van der Waals surface area contributed by atoms with Crippen LogP contribution in [0, 0.1) is 5.92 Å². The first-order valence-corrected chi connectivity index (χ1v) is 8.51. The van der Waals surface area contributed by atoms with E-state index in [-0.39, 0.29) is 0 Å². The van der Waals surface area contributed by atoms with E-state index in [0.717, 1.165) is 34.6 Å². The minimum Gasteiger partial charge on any atom is -0.312 e. The van der Waals surface area contributed by atoms with Crippen molar-refractivity contribution in [1.82, 2.24) is 15.3 Å². The molecule has 0 saturated heterocycles. The lowest BCUT2D eigenvalue weighted by molar-refractivity contribution is 0.553. The van der Waals surface area contributed by atoms with Crippen molar-refractivity contribution in [2.75, 3.05) is 6.54 Å². The lowest BCUT2D eigenvalue weighted by Gasteiger charge is -2.06. The number of thiazole rings is 1. The third-order valence-electron chi connectivity index (χ3n) is 2.90. The maximum absolute atomic E-state index is 4.76. The van der Waals surface area contributed by atoms with E-state index in [1.807, 2.05) is 6.20 Å². The van der Waals surface area contributed by atoms with Gasteiger partial charge in [-0.3, -0.25) is 4.98 Å². The van der Waals surface area contributed by atoms with Gasteiger partial charge in [0.1, 0.15) is 5.01 Å². The molecule has 5 heteroatoms. The highest BCUT2D eigenvalue weighted by Gasteiger charge is 2.11. The Hall–Kier alpha value is -0.780. The molecule has 3 nitrogen and oxygen atoms in total. The molecular formula is C15H20BrN3S. The lowest BCUT2D eigenvalue weighted by atomic mass is 10.2. The van der Waals surface area contributed by atoms with Crippen LogP contribution >= 0.6 is 27.3 Å². The van der Waals surface area contributed by atoms with Gasteiger partial charge in [-0.25, -0.2) is 4.98 Å². The van der Waals surface area contributed by atoms with E-state index in [1.54, 1.807) is 17.5 Å². The molecule has 0 unspecified atom stereocenters.